The Balaban J connectivity index is 1.44. The number of para-hydroxylation sites is 2. The Kier molecular flexibility index (Phi) is 6.15. The SMILES string of the molecule is COc1cccc2cc(-c3nn(-c4ccccc4)cc3/C=C3\SC(=S)N(C4CCCCC4)C3=O)oc12. The second-order valence-electron chi connectivity index (χ2n) is 9.05. The first-order chi connectivity index (χ1) is 17.6. The van der Waals surface area contributed by atoms with E-state index in [0.717, 1.165) is 42.3 Å². The van der Waals surface area contributed by atoms with Gasteiger partial charge in [0.15, 0.2) is 17.1 Å². The fraction of sp³-hybridized carbons (Fsp3) is 0.250. The summed E-state index contributed by atoms with van der Waals surface area (Å²) in [5.74, 6) is 1.26. The van der Waals surface area contributed by atoms with Crippen molar-refractivity contribution in [3.05, 3.63) is 71.3 Å². The second kappa shape index (κ2) is 9.59. The van der Waals surface area contributed by atoms with E-state index >= 15 is 0 Å². The third-order valence-corrected chi connectivity index (χ3v) is 8.10. The highest BCUT2D eigenvalue weighted by Crippen LogP contribution is 2.40. The standard InChI is InChI=1S/C28H25N3O3S2/c1-33-22-14-8-9-18-15-23(34-26(18)22)25-19(17-30(29-25)20-10-4-2-5-11-20)16-24-27(32)31(28(35)36-24)21-12-6-3-7-13-21/h2,4-5,8-11,14-17,21H,3,6-7,12-13H2,1H3/b24-16-. The normalized spacial score (nSPS) is 18.0. The molecule has 182 valence electrons. The Morgan fingerprint density at radius 3 is 2.69 bits per heavy atom. The minimum absolute atomic E-state index is 0.0124. The average molecular weight is 516 g/mol. The highest BCUT2D eigenvalue weighted by molar-refractivity contribution is 8.26. The van der Waals surface area contributed by atoms with E-state index in [9.17, 15) is 4.79 Å². The molecule has 1 saturated carbocycles. The van der Waals surface area contributed by atoms with Gasteiger partial charge in [-0.25, -0.2) is 4.68 Å². The second-order valence-corrected chi connectivity index (χ2v) is 10.7. The molecule has 0 radical (unpaired) electrons. The number of thioether (sulfide) groups is 1. The lowest BCUT2D eigenvalue weighted by molar-refractivity contribution is -0.124. The quantitative estimate of drug-likeness (QED) is 0.215. The van der Waals surface area contributed by atoms with Crippen LogP contribution in [-0.2, 0) is 4.79 Å². The van der Waals surface area contributed by atoms with Crippen LogP contribution in [-0.4, -0.2) is 38.1 Å². The van der Waals surface area contributed by atoms with Gasteiger partial charge in [0.25, 0.3) is 5.91 Å². The molecule has 1 aliphatic carbocycles. The van der Waals surface area contributed by atoms with Gasteiger partial charge in [0.05, 0.1) is 17.7 Å². The van der Waals surface area contributed by atoms with E-state index in [-0.39, 0.29) is 11.9 Å². The highest BCUT2D eigenvalue weighted by atomic mass is 32.2. The van der Waals surface area contributed by atoms with E-state index in [1.54, 1.807) is 7.11 Å². The van der Waals surface area contributed by atoms with Crippen molar-refractivity contribution in [3.63, 3.8) is 0 Å². The zero-order valence-corrected chi connectivity index (χ0v) is 21.5. The zero-order chi connectivity index (χ0) is 24.6. The van der Waals surface area contributed by atoms with E-state index in [1.807, 2.05) is 76.5 Å². The van der Waals surface area contributed by atoms with Crippen molar-refractivity contribution in [3.8, 4) is 22.9 Å². The number of methoxy groups -OCH3 is 1. The van der Waals surface area contributed by atoms with E-state index in [1.165, 1.54) is 18.2 Å². The molecule has 3 heterocycles. The van der Waals surface area contributed by atoms with E-state index in [2.05, 4.69) is 0 Å². The summed E-state index contributed by atoms with van der Waals surface area (Å²) in [4.78, 5) is 15.9. The molecule has 2 aromatic carbocycles. The van der Waals surface area contributed by atoms with Gasteiger partial charge in [0.1, 0.15) is 10.0 Å². The number of fused-ring (bicyclic) bond motifs is 1. The fourth-order valence-corrected chi connectivity index (χ4v) is 6.38. The van der Waals surface area contributed by atoms with Gasteiger partial charge in [-0.05, 0) is 43.2 Å². The van der Waals surface area contributed by atoms with Crippen LogP contribution in [0.5, 0.6) is 5.75 Å². The zero-order valence-electron chi connectivity index (χ0n) is 19.8. The summed E-state index contributed by atoms with van der Waals surface area (Å²) in [5.41, 5.74) is 3.03. The van der Waals surface area contributed by atoms with E-state index in [4.69, 9.17) is 26.5 Å². The summed E-state index contributed by atoms with van der Waals surface area (Å²) >= 11 is 7.02. The Labute approximate surface area is 218 Å². The summed E-state index contributed by atoms with van der Waals surface area (Å²) in [5, 5.41) is 5.79. The minimum Gasteiger partial charge on any atom is -0.493 e. The van der Waals surface area contributed by atoms with Crippen LogP contribution >= 0.6 is 24.0 Å². The van der Waals surface area contributed by atoms with Crippen molar-refractivity contribution in [2.24, 2.45) is 0 Å². The van der Waals surface area contributed by atoms with Gasteiger partial charge in [-0.3, -0.25) is 9.69 Å². The van der Waals surface area contributed by atoms with Crippen LogP contribution in [0.4, 0.5) is 0 Å². The van der Waals surface area contributed by atoms with Crippen LogP contribution in [0, 0.1) is 0 Å². The first-order valence-electron chi connectivity index (χ1n) is 12.1. The molecule has 2 aliphatic rings. The van der Waals surface area contributed by atoms with Gasteiger partial charge >= 0.3 is 0 Å². The van der Waals surface area contributed by atoms with Crippen LogP contribution in [0.25, 0.3) is 34.2 Å². The Morgan fingerprint density at radius 2 is 1.92 bits per heavy atom. The topological polar surface area (TPSA) is 60.5 Å². The van der Waals surface area contributed by atoms with Crippen LogP contribution in [0.3, 0.4) is 0 Å². The summed E-state index contributed by atoms with van der Waals surface area (Å²) in [7, 11) is 1.63. The largest absolute Gasteiger partial charge is 0.493 e. The van der Waals surface area contributed by atoms with Crippen LogP contribution in [0.15, 0.2) is 70.1 Å². The molecule has 2 aromatic heterocycles. The van der Waals surface area contributed by atoms with Gasteiger partial charge < -0.3 is 9.15 Å². The molecular formula is C28H25N3O3S2. The molecule has 1 aliphatic heterocycles. The Morgan fingerprint density at radius 1 is 1.11 bits per heavy atom. The number of carbonyl (C=O) groups excluding carboxylic acids is 1. The molecule has 4 aromatic rings. The molecule has 2 fully saturated rings. The number of nitrogens with zero attached hydrogens (tertiary/aromatic N) is 3. The number of hydrogen-bond acceptors (Lipinski definition) is 6. The number of ether oxygens (including phenoxy) is 1. The van der Waals surface area contributed by atoms with Crippen molar-refractivity contribution in [1.29, 1.82) is 0 Å². The van der Waals surface area contributed by atoms with Gasteiger partial charge in [-0.2, -0.15) is 5.10 Å². The monoisotopic (exact) mass is 515 g/mol. The van der Waals surface area contributed by atoms with E-state index in [0.29, 0.717) is 32.0 Å². The van der Waals surface area contributed by atoms with Gasteiger partial charge in [-0.1, -0.05) is 73.6 Å². The molecule has 6 nitrogen and oxygen atoms in total. The molecule has 1 amide bonds. The Bertz CT molecular complexity index is 1480. The molecule has 36 heavy (non-hydrogen) atoms. The number of rotatable bonds is 5. The van der Waals surface area contributed by atoms with Crippen LogP contribution in [0.1, 0.15) is 37.7 Å². The fourth-order valence-electron chi connectivity index (χ4n) is 4.99. The lowest BCUT2D eigenvalue weighted by Gasteiger charge is -2.29. The van der Waals surface area contributed by atoms with Crippen molar-refractivity contribution in [1.82, 2.24) is 14.7 Å². The summed E-state index contributed by atoms with van der Waals surface area (Å²) < 4.78 is 14.2. The van der Waals surface area contributed by atoms with Crippen molar-refractivity contribution in [2.45, 2.75) is 38.1 Å². The maximum Gasteiger partial charge on any atom is 0.266 e. The molecule has 1 saturated heterocycles. The van der Waals surface area contributed by atoms with Gasteiger partial charge in [0, 0.05) is 23.2 Å². The molecule has 0 atom stereocenters. The number of hydrogen-bond donors (Lipinski definition) is 0. The predicted octanol–water partition coefficient (Wildman–Crippen LogP) is 6.83. The molecule has 0 N–H and O–H groups in total. The number of benzene rings is 2. The smallest absolute Gasteiger partial charge is 0.266 e. The highest BCUT2D eigenvalue weighted by Gasteiger charge is 2.37. The number of thiocarbonyl (C=S) groups is 1. The molecule has 8 heteroatoms. The molecule has 6 rings (SSSR count). The molecule has 0 unspecified atom stereocenters. The number of carbonyl (C=O) groups is 1. The Hall–Kier alpha value is -3.36. The maximum absolute atomic E-state index is 13.5. The molecule has 0 spiro atoms. The van der Waals surface area contributed by atoms with Crippen molar-refractivity contribution >= 4 is 51.3 Å². The summed E-state index contributed by atoms with van der Waals surface area (Å²) in [6.45, 7) is 0. The van der Waals surface area contributed by atoms with Crippen LogP contribution in [0.2, 0.25) is 0 Å². The molecule has 0 bridgehead atoms. The molecular weight excluding hydrogens is 490 g/mol. The first-order valence-corrected chi connectivity index (χ1v) is 13.3. The van der Waals surface area contributed by atoms with Crippen molar-refractivity contribution in [2.75, 3.05) is 7.11 Å². The third-order valence-electron chi connectivity index (χ3n) is 6.77. The van der Waals surface area contributed by atoms with E-state index < -0.39 is 0 Å². The van der Waals surface area contributed by atoms with Gasteiger partial charge in [-0.15, -0.1) is 0 Å². The first kappa shape index (κ1) is 23.1. The summed E-state index contributed by atoms with van der Waals surface area (Å²) in [6, 6.07) is 17.8. The number of furan rings is 1. The minimum atomic E-state index is -0.0124. The van der Waals surface area contributed by atoms with Crippen molar-refractivity contribution < 1.29 is 13.9 Å². The van der Waals surface area contributed by atoms with Gasteiger partial charge in [0.2, 0.25) is 0 Å². The lowest BCUT2D eigenvalue weighted by Crippen LogP contribution is -2.39. The average Bonchev–Trinajstić information content (AvgIpc) is 3.60. The number of aromatic nitrogens is 2. The third kappa shape index (κ3) is 4.14. The lowest BCUT2D eigenvalue weighted by atomic mass is 9.94. The predicted molar refractivity (Wildman–Crippen MR) is 147 cm³/mol. The maximum atomic E-state index is 13.5. The van der Waals surface area contributed by atoms with Crippen LogP contribution < -0.4 is 4.74 Å². The summed E-state index contributed by atoms with van der Waals surface area (Å²) in [6.07, 6.45) is 9.37. The number of amides is 1.